The van der Waals surface area contributed by atoms with Gasteiger partial charge in [0.1, 0.15) is 0 Å². The molecule has 0 saturated heterocycles. The molecular formula is C5H13N3. The molecule has 0 aromatic heterocycles. The molecule has 0 saturated carbocycles. The summed E-state index contributed by atoms with van der Waals surface area (Å²) in [5.41, 5.74) is 11.9. The first kappa shape index (κ1) is 7.56. The summed E-state index contributed by atoms with van der Waals surface area (Å²) in [7, 11) is 0. The summed E-state index contributed by atoms with van der Waals surface area (Å²) in [5, 5.41) is 3.18. The van der Waals surface area contributed by atoms with E-state index in [1.165, 1.54) is 0 Å². The van der Waals surface area contributed by atoms with Gasteiger partial charge in [-0.15, -0.1) is 0 Å². The maximum atomic E-state index is 6.46. The van der Waals surface area contributed by atoms with Gasteiger partial charge in [0, 0.05) is 6.04 Å². The maximum Gasteiger partial charge on any atom is 0.0747 e. The Morgan fingerprint density at radius 3 is 2.75 bits per heavy atom. The summed E-state index contributed by atoms with van der Waals surface area (Å²) in [4.78, 5) is 0. The number of hydrogen-bond donors (Lipinski definition) is 2. The summed E-state index contributed by atoms with van der Waals surface area (Å²) in [5.74, 6) is 0. The molecule has 3 N–H and O–H groups in total. The van der Waals surface area contributed by atoms with E-state index in [0.29, 0.717) is 6.54 Å². The molecule has 0 amide bonds. The first-order chi connectivity index (χ1) is 3.81. The Morgan fingerprint density at radius 1 is 1.75 bits per heavy atom. The second-order valence-corrected chi connectivity index (χ2v) is 1.89. The summed E-state index contributed by atoms with van der Waals surface area (Å²) in [6.07, 6.45) is 2.05. The lowest BCUT2D eigenvalue weighted by Crippen LogP contribution is -2.22. The Morgan fingerprint density at radius 2 is 2.38 bits per heavy atom. The fourth-order valence-corrected chi connectivity index (χ4v) is 0.579. The van der Waals surface area contributed by atoms with Gasteiger partial charge in [0.05, 0.1) is 6.54 Å². The molecule has 0 aliphatic heterocycles. The SMILES string of the molecule is CCCC(N)CN=N. The molecule has 1 atom stereocenters. The van der Waals surface area contributed by atoms with Gasteiger partial charge in [0.2, 0.25) is 0 Å². The molecule has 48 valence electrons. The quantitative estimate of drug-likeness (QED) is 0.530. The standard InChI is InChI=1S/C5H13N3/c1-2-3-5(6)4-8-7/h5,7H,2-4,6H2,1H3. The van der Waals surface area contributed by atoms with Crippen molar-refractivity contribution in [1.82, 2.24) is 0 Å². The number of nitrogens with zero attached hydrogens (tertiary/aromatic N) is 1. The highest BCUT2D eigenvalue weighted by molar-refractivity contribution is 4.59. The second kappa shape index (κ2) is 4.71. The molecule has 0 radical (unpaired) electrons. The van der Waals surface area contributed by atoms with Crippen molar-refractivity contribution < 1.29 is 0 Å². The van der Waals surface area contributed by atoms with Gasteiger partial charge < -0.3 is 5.73 Å². The van der Waals surface area contributed by atoms with E-state index in [-0.39, 0.29) is 6.04 Å². The lowest BCUT2D eigenvalue weighted by atomic mass is 10.2. The van der Waals surface area contributed by atoms with E-state index in [1.807, 2.05) is 0 Å². The fraction of sp³-hybridized carbons (Fsp3) is 1.00. The topological polar surface area (TPSA) is 62.2 Å². The monoisotopic (exact) mass is 115 g/mol. The van der Waals surface area contributed by atoms with Crippen LogP contribution < -0.4 is 5.73 Å². The van der Waals surface area contributed by atoms with Gasteiger partial charge in [-0.25, -0.2) is 5.53 Å². The zero-order chi connectivity index (χ0) is 6.41. The third kappa shape index (κ3) is 3.74. The van der Waals surface area contributed by atoms with Crippen molar-refractivity contribution in [3.05, 3.63) is 0 Å². The third-order valence-corrected chi connectivity index (χ3v) is 0.985. The van der Waals surface area contributed by atoms with Crippen LogP contribution in [-0.4, -0.2) is 12.6 Å². The summed E-state index contributed by atoms with van der Waals surface area (Å²) < 4.78 is 0. The van der Waals surface area contributed by atoms with Gasteiger partial charge in [0.25, 0.3) is 0 Å². The molecule has 1 unspecified atom stereocenters. The zero-order valence-corrected chi connectivity index (χ0v) is 5.22. The van der Waals surface area contributed by atoms with Gasteiger partial charge in [-0.1, -0.05) is 13.3 Å². The molecule has 3 heteroatoms. The molecule has 3 nitrogen and oxygen atoms in total. The van der Waals surface area contributed by atoms with Crippen LogP contribution in [0.4, 0.5) is 0 Å². The fourth-order valence-electron chi connectivity index (χ4n) is 0.579. The van der Waals surface area contributed by atoms with Gasteiger partial charge in [-0.2, -0.15) is 5.11 Å². The van der Waals surface area contributed by atoms with Gasteiger partial charge >= 0.3 is 0 Å². The van der Waals surface area contributed by atoms with Crippen LogP contribution >= 0.6 is 0 Å². The molecule has 0 rings (SSSR count). The Kier molecular flexibility index (Phi) is 4.45. The lowest BCUT2D eigenvalue weighted by Gasteiger charge is -2.02. The van der Waals surface area contributed by atoms with Crippen molar-refractivity contribution in [2.24, 2.45) is 10.8 Å². The molecule has 0 aromatic carbocycles. The minimum atomic E-state index is 0.109. The third-order valence-electron chi connectivity index (χ3n) is 0.985. The number of rotatable bonds is 4. The van der Waals surface area contributed by atoms with Crippen LogP contribution in [0.5, 0.6) is 0 Å². The van der Waals surface area contributed by atoms with Crippen molar-refractivity contribution in [2.45, 2.75) is 25.8 Å². The highest BCUT2D eigenvalue weighted by atomic mass is 15.0. The molecule has 0 aliphatic carbocycles. The molecule has 0 heterocycles. The molecular weight excluding hydrogens is 102 g/mol. The van der Waals surface area contributed by atoms with Crippen molar-refractivity contribution >= 4 is 0 Å². The van der Waals surface area contributed by atoms with Gasteiger partial charge in [0.15, 0.2) is 0 Å². The van der Waals surface area contributed by atoms with Crippen LogP contribution in [0.3, 0.4) is 0 Å². The predicted octanol–water partition coefficient (Wildman–Crippen LogP) is 1.14. The van der Waals surface area contributed by atoms with Gasteiger partial charge in [-0.05, 0) is 6.42 Å². The minimum Gasteiger partial charge on any atom is -0.326 e. The molecule has 8 heavy (non-hydrogen) atoms. The maximum absolute atomic E-state index is 6.46. The van der Waals surface area contributed by atoms with Crippen LogP contribution in [0.15, 0.2) is 5.11 Å². The minimum absolute atomic E-state index is 0.109. The van der Waals surface area contributed by atoms with Crippen LogP contribution in [0.2, 0.25) is 0 Å². The zero-order valence-electron chi connectivity index (χ0n) is 5.22. The molecule has 0 fully saturated rings. The molecule has 0 bridgehead atoms. The molecule has 0 aliphatic rings. The first-order valence-electron chi connectivity index (χ1n) is 2.90. The van der Waals surface area contributed by atoms with Crippen molar-refractivity contribution in [3.8, 4) is 0 Å². The molecule has 0 spiro atoms. The molecule has 0 aromatic rings. The van der Waals surface area contributed by atoms with E-state index in [1.54, 1.807) is 0 Å². The summed E-state index contributed by atoms with van der Waals surface area (Å²) in [6.45, 7) is 2.55. The predicted molar refractivity (Wildman–Crippen MR) is 32.9 cm³/mol. The number of hydrogen-bond acceptors (Lipinski definition) is 3. The van der Waals surface area contributed by atoms with Crippen LogP contribution in [0.1, 0.15) is 19.8 Å². The Hall–Kier alpha value is -0.440. The van der Waals surface area contributed by atoms with E-state index in [4.69, 9.17) is 11.3 Å². The Labute approximate surface area is 49.8 Å². The second-order valence-electron chi connectivity index (χ2n) is 1.89. The van der Waals surface area contributed by atoms with E-state index < -0.39 is 0 Å². The summed E-state index contributed by atoms with van der Waals surface area (Å²) in [6, 6.07) is 0.109. The van der Waals surface area contributed by atoms with E-state index in [0.717, 1.165) is 12.8 Å². The summed E-state index contributed by atoms with van der Waals surface area (Å²) >= 11 is 0. The lowest BCUT2D eigenvalue weighted by molar-refractivity contribution is 0.596. The smallest absolute Gasteiger partial charge is 0.0747 e. The van der Waals surface area contributed by atoms with Gasteiger partial charge in [-0.3, -0.25) is 0 Å². The van der Waals surface area contributed by atoms with Crippen LogP contribution in [0.25, 0.3) is 0 Å². The first-order valence-corrected chi connectivity index (χ1v) is 2.90. The van der Waals surface area contributed by atoms with E-state index in [2.05, 4.69) is 12.0 Å². The van der Waals surface area contributed by atoms with E-state index >= 15 is 0 Å². The van der Waals surface area contributed by atoms with E-state index in [9.17, 15) is 0 Å². The van der Waals surface area contributed by atoms with Crippen LogP contribution in [0, 0.1) is 5.53 Å². The normalized spacial score (nSPS) is 13.2. The average Bonchev–Trinajstić information content (AvgIpc) is 1.68. The Bertz CT molecular complexity index is 62.7. The average molecular weight is 115 g/mol. The highest BCUT2D eigenvalue weighted by Gasteiger charge is 1.96. The highest BCUT2D eigenvalue weighted by Crippen LogP contribution is 1.91. The Balaban J connectivity index is 3.03. The van der Waals surface area contributed by atoms with Crippen LogP contribution in [-0.2, 0) is 0 Å². The van der Waals surface area contributed by atoms with Crippen molar-refractivity contribution in [3.63, 3.8) is 0 Å². The number of nitrogens with two attached hydrogens (primary N) is 1. The van der Waals surface area contributed by atoms with Crippen molar-refractivity contribution in [1.29, 1.82) is 5.53 Å². The largest absolute Gasteiger partial charge is 0.326 e. The number of nitrogens with one attached hydrogen (secondary N) is 1. The van der Waals surface area contributed by atoms with Crippen molar-refractivity contribution in [2.75, 3.05) is 6.54 Å².